The molecular weight excluding hydrogens is 318 g/mol. The van der Waals surface area contributed by atoms with Crippen molar-refractivity contribution in [3.05, 3.63) is 21.4 Å². The molecule has 1 aliphatic heterocycles. The lowest BCUT2D eigenvalue weighted by atomic mass is 9.89. The van der Waals surface area contributed by atoms with Gasteiger partial charge in [-0.2, -0.15) is 0 Å². The summed E-state index contributed by atoms with van der Waals surface area (Å²) in [7, 11) is 0. The molecule has 118 valence electrons. The smallest absolute Gasteiger partial charge is 0.145 e. The number of aromatic nitrogens is 2. The molecule has 2 aliphatic rings. The Balaban J connectivity index is 1.67. The van der Waals surface area contributed by atoms with Gasteiger partial charge in [-0.25, -0.2) is 9.97 Å². The predicted molar refractivity (Wildman–Crippen MR) is 89.7 cm³/mol. The maximum absolute atomic E-state index is 6.51. The van der Waals surface area contributed by atoms with Gasteiger partial charge in [0.25, 0.3) is 0 Å². The van der Waals surface area contributed by atoms with Crippen molar-refractivity contribution >= 4 is 33.2 Å². The number of rotatable bonds is 2. The first-order valence-corrected chi connectivity index (χ1v) is 9.17. The fourth-order valence-electron chi connectivity index (χ4n) is 3.37. The lowest BCUT2D eigenvalue weighted by molar-refractivity contribution is 0.0331. The van der Waals surface area contributed by atoms with Crippen molar-refractivity contribution in [2.24, 2.45) is 5.92 Å². The Labute approximate surface area is 139 Å². The van der Waals surface area contributed by atoms with Crippen molar-refractivity contribution in [2.45, 2.75) is 32.7 Å². The number of hydrogen-bond donors (Lipinski definition) is 0. The van der Waals surface area contributed by atoms with Gasteiger partial charge in [0.1, 0.15) is 15.8 Å². The summed E-state index contributed by atoms with van der Waals surface area (Å²) in [5.74, 6) is 1.60. The van der Waals surface area contributed by atoms with Crippen LogP contribution >= 0.6 is 22.9 Å². The average molecular weight is 338 g/mol. The van der Waals surface area contributed by atoms with Gasteiger partial charge in [-0.05, 0) is 30.7 Å². The van der Waals surface area contributed by atoms with E-state index in [1.807, 2.05) is 11.3 Å². The summed E-state index contributed by atoms with van der Waals surface area (Å²) < 4.78 is 5.39. The van der Waals surface area contributed by atoms with E-state index in [1.54, 1.807) is 0 Å². The molecule has 0 spiro atoms. The zero-order valence-corrected chi connectivity index (χ0v) is 14.3. The summed E-state index contributed by atoms with van der Waals surface area (Å²) in [6, 6.07) is 0. The molecule has 0 amide bonds. The van der Waals surface area contributed by atoms with Gasteiger partial charge in [-0.3, -0.25) is 4.90 Å². The molecule has 22 heavy (non-hydrogen) atoms. The summed E-state index contributed by atoms with van der Waals surface area (Å²) in [6.07, 6.45) is 3.51. The molecule has 1 saturated heterocycles. The summed E-state index contributed by atoms with van der Waals surface area (Å²) in [6.45, 7) is 6.56. The molecule has 3 heterocycles. The summed E-state index contributed by atoms with van der Waals surface area (Å²) in [5.41, 5.74) is 1.40. The van der Waals surface area contributed by atoms with E-state index in [-0.39, 0.29) is 0 Å². The van der Waals surface area contributed by atoms with Crippen molar-refractivity contribution in [3.63, 3.8) is 0 Å². The maximum Gasteiger partial charge on any atom is 0.145 e. The molecule has 0 radical (unpaired) electrons. The molecule has 6 heteroatoms. The van der Waals surface area contributed by atoms with Crippen LogP contribution in [0.1, 0.15) is 29.6 Å². The molecule has 1 atom stereocenters. The highest BCUT2D eigenvalue weighted by Crippen LogP contribution is 2.39. The highest BCUT2D eigenvalue weighted by Gasteiger charge is 2.23. The molecule has 0 unspecified atom stereocenters. The largest absolute Gasteiger partial charge is 0.379 e. The first-order chi connectivity index (χ1) is 10.7. The third kappa shape index (κ3) is 2.75. The van der Waals surface area contributed by atoms with Crippen LogP contribution in [0.2, 0.25) is 5.15 Å². The van der Waals surface area contributed by atoms with E-state index >= 15 is 0 Å². The van der Waals surface area contributed by atoms with Gasteiger partial charge in [0.05, 0.1) is 25.1 Å². The number of fused-ring (bicyclic) bond motifs is 3. The minimum atomic E-state index is 0.639. The van der Waals surface area contributed by atoms with Crippen molar-refractivity contribution in [1.29, 1.82) is 0 Å². The van der Waals surface area contributed by atoms with Crippen LogP contribution in [0.4, 0.5) is 0 Å². The van der Waals surface area contributed by atoms with Gasteiger partial charge in [0.15, 0.2) is 0 Å². The second kappa shape index (κ2) is 6.04. The summed E-state index contributed by atoms with van der Waals surface area (Å²) >= 11 is 8.32. The van der Waals surface area contributed by atoms with Gasteiger partial charge in [0, 0.05) is 18.0 Å². The third-order valence-electron chi connectivity index (χ3n) is 4.63. The fourth-order valence-corrected chi connectivity index (χ4v) is 5.13. The third-order valence-corrected chi connectivity index (χ3v) is 6.05. The molecule has 2 aromatic heterocycles. The quantitative estimate of drug-likeness (QED) is 0.788. The number of morpholine rings is 1. The van der Waals surface area contributed by atoms with Crippen LogP contribution in [-0.2, 0) is 24.1 Å². The Morgan fingerprint density at radius 3 is 2.95 bits per heavy atom. The fraction of sp³-hybridized carbons (Fsp3) is 0.625. The van der Waals surface area contributed by atoms with Gasteiger partial charge in [0.2, 0.25) is 0 Å². The van der Waals surface area contributed by atoms with Crippen LogP contribution in [-0.4, -0.2) is 41.2 Å². The van der Waals surface area contributed by atoms with E-state index in [9.17, 15) is 0 Å². The summed E-state index contributed by atoms with van der Waals surface area (Å²) in [5, 5.41) is 1.75. The van der Waals surface area contributed by atoms with E-state index < -0.39 is 0 Å². The van der Waals surface area contributed by atoms with E-state index in [4.69, 9.17) is 21.3 Å². The molecule has 0 bridgehead atoms. The Kier molecular flexibility index (Phi) is 4.07. The minimum Gasteiger partial charge on any atom is -0.379 e. The summed E-state index contributed by atoms with van der Waals surface area (Å²) in [4.78, 5) is 14.2. The molecule has 0 saturated carbocycles. The van der Waals surface area contributed by atoms with E-state index in [0.29, 0.717) is 5.15 Å². The molecule has 1 aliphatic carbocycles. The number of ether oxygens (including phenoxy) is 1. The Morgan fingerprint density at radius 2 is 2.14 bits per heavy atom. The molecule has 0 N–H and O–H groups in total. The number of hydrogen-bond acceptors (Lipinski definition) is 5. The second-order valence-electron chi connectivity index (χ2n) is 6.35. The minimum absolute atomic E-state index is 0.639. The van der Waals surface area contributed by atoms with Crippen LogP contribution in [0, 0.1) is 5.92 Å². The van der Waals surface area contributed by atoms with Crippen LogP contribution < -0.4 is 0 Å². The molecule has 1 fully saturated rings. The van der Waals surface area contributed by atoms with Crippen LogP contribution in [0.15, 0.2) is 0 Å². The van der Waals surface area contributed by atoms with Gasteiger partial charge in [-0.1, -0.05) is 18.5 Å². The standard InChI is InChI=1S/C16H20ClN3OS/c1-10-2-3-11-12(8-10)22-16-14(11)15(17)18-13(19-16)9-20-4-6-21-7-5-20/h10H,2-9H2,1H3/t10-/m0/s1. The number of aryl methyl sites for hydroxylation is 1. The topological polar surface area (TPSA) is 38.2 Å². The van der Waals surface area contributed by atoms with Crippen LogP contribution in [0.5, 0.6) is 0 Å². The molecular formula is C16H20ClN3OS. The normalized spacial score (nSPS) is 22.9. The maximum atomic E-state index is 6.51. The van der Waals surface area contributed by atoms with E-state index in [1.165, 1.54) is 16.9 Å². The van der Waals surface area contributed by atoms with Crippen molar-refractivity contribution in [1.82, 2.24) is 14.9 Å². The van der Waals surface area contributed by atoms with Gasteiger partial charge in [-0.15, -0.1) is 11.3 Å². The van der Waals surface area contributed by atoms with E-state index in [2.05, 4.69) is 16.8 Å². The van der Waals surface area contributed by atoms with Crippen LogP contribution in [0.3, 0.4) is 0 Å². The molecule has 4 rings (SSSR count). The molecule has 4 nitrogen and oxygen atoms in total. The Morgan fingerprint density at radius 1 is 1.32 bits per heavy atom. The lowest BCUT2D eigenvalue weighted by Crippen LogP contribution is -2.36. The molecule has 2 aromatic rings. The zero-order valence-electron chi connectivity index (χ0n) is 12.8. The SMILES string of the molecule is C[C@H]1CCc2c(sc3nc(CN4CCOCC4)nc(Cl)c23)C1. The van der Waals surface area contributed by atoms with Gasteiger partial charge >= 0.3 is 0 Å². The van der Waals surface area contributed by atoms with Gasteiger partial charge < -0.3 is 4.74 Å². The van der Waals surface area contributed by atoms with Crippen molar-refractivity contribution < 1.29 is 4.74 Å². The number of nitrogens with zero attached hydrogens (tertiary/aromatic N) is 3. The highest BCUT2D eigenvalue weighted by atomic mass is 35.5. The van der Waals surface area contributed by atoms with Crippen molar-refractivity contribution in [3.8, 4) is 0 Å². The highest BCUT2D eigenvalue weighted by molar-refractivity contribution is 7.19. The van der Waals surface area contributed by atoms with Crippen LogP contribution in [0.25, 0.3) is 10.2 Å². The zero-order chi connectivity index (χ0) is 15.1. The lowest BCUT2D eigenvalue weighted by Gasteiger charge is -2.25. The average Bonchev–Trinajstić information content (AvgIpc) is 2.85. The molecule has 0 aromatic carbocycles. The second-order valence-corrected chi connectivity index (χ2v) is 7.79. The number of halogens is 1. The first-order valence-electron chi connectivity index (χ1n) is 7.97. The van der Waals surface area contributed by atoms with Crippen molar-refractivity contribution in [2.75, 3.05) is 26.3 Å². The first kappa shape index (κ1) is 14.8. The number of thiophene rings is 1. The Bertz CT molecular complexity index is 696. The Hall–Kier alpha value is -0.750. The monoisotopic (exact) mass is 337 g/mol. The van der Waals surface area contributed by atoms with E-state index in [0.717, 1.165) is 67.6 Å². The predicted octanol–water partition coefficient (Wildman–Crippen LogP) is 3.30.